The summed E-state index contributed by atoms with van der Waals surface area (Å²) in [5.41, 5.74) is 11.5. The summed E-state index contributed by atoms with van der Waals surface area (Å²) in [7, 11) is 0. The van der Waals surface area contributed by atoms with Crippen LogP contribution in [-0.2, 0) is 12.8 Å². The van der Waals surface area contributed by atoms with Gasteiger partial charge >= 0.3 is 0 Å². The van der Waals surface area contributed by atoms with E-state index in [-0.39, 0.29) is 11.6 Å². The summed E-state index contributed by atoms with van der Waals surface area (Å²) >= 11 is 0. The topological polar surface area (TPSA) is 79.8 Å². The van der Waals surface area contributed by atoms with E-state index in [4.69, 9.17) is 4.98 Å². The number of carbonyl (C=O) groups excluding carboxylic acids is 1. The van der Waals surface area contributed by atoms with Crippen molar-refractivity contribution < 1.29 is 4.79 Å². The predicted molar refractivity (Wildman–Crippen MR) is 96.2 cm³/mol. The monoisotopic (exact) mass is 333 g/mol. The minimum atomic E-state index is -0.310. The number of fused-ring (bicyclic) bond motifs is 2. The van der Waals surface area contributed by atoms with E-state index in [9.17, 15) is 4.79 Å². The Kier molecular flexibility index (Phi) is 4.01. The number of hydrogen-bond acceptors (Lipinski definition) is 5. The Hall–Kier alpha value is -3.02. The summed E-state index contributed by atoms with van der Waals surface area (Å²) in [5.74, 6) is -0.310. The van der Waals surface area contributed by atoms with Crippen LogP contribution in [0.3, 0.4) is 0 Å². The first-order chi connectivity index (χ1) is 12.2. The van der Waals surface area contributed by atoms with E-state index in [0.29, 0.717) is 0 Å². The van der Waals surface area contributed by atoms with Crippen molar-refractivity contribution in [2.75, 3.05) is 5.43 Å². The first-order valence-corrected chi connectivity index (χ1v) is 8.47. The van der Waals surface area contributed by atoms with Crippen molar-refractivity contribution in [3.05, 3.63) is 59.3 Å². The van der Waals surface area contributed by atoms with Crippen LogP contribution in [0.2, 0.25) is 0 Å². The Bertz CT molecular complexity index is 939. The molecule has 0 spiro atoms. The molecular formula is C19H19N5O. The Labute approximate surface area is 145 Å². The molecule has 0 bridgehead atoms. The molecule has 6 heteroatoms. The Morgan fingerprint density at radius 2 is 2.04 bits per heavy atom. The molecule has 0 fully saturated rings. The Morgan fingerprint density at radius 3 is 2.88 bits per heavy atom. The number of nitrogens with zero attached hydrogens (tertiary/aromatic N) is 3. The highest BCUT2D eigenvalue weighted by atomic mass is 16.2. The average Bonchev–Trinajstić information content (AvgIpc) is 2.65. The van der Waals surface area contributed by atoms with Gasteiger partial charge in [-0.3, -0.25) is 25.6 Å². The van der Waals surface area contributed by atoms with Crippen LogP contribution in [0, 0.1) is 6.92 Å². The van der Waals surface area contributed by atoms with E-state index in [1.165, 1.54) is 23.5 Å². The van der Waals surface area contributed by atoms with Crippen molar-refractivity contribution in [2.24, 2.45) is 0 Å². The van der Waals surface area contributed by atoms with Crippen molar-refractivity contribution in [2.45, 2.75) is 32.6 Å². The predicted octanol–water partition coefficient (Wildman–Crippen LogP) is 2.97. The van der Waals surface area contributed by atoms with Crippen LogP contribution in [0.15, 0.2) is 36.8 Å². The fourth-order valence-electron chi connectivity index (χ4n) is 3.28. The number of aryl methyl sites for hydroxylation is 2. The van der Waals surface area contributed by atoms with Gasteiger partial charge in [-0.15, -0.1) is 0 Å². The molecule has 3 aromatic rings. The van der Waals surface area contributed by atoms with Crippen molar-refractivity contribution >= 4 is 22.5 Å². The first kappa shape index (κ1) is 15.5. The van der Waals surface area contributed by atoms with E-state index < -0.39 is 0 Å². The number of aromatic nitrogens is 3. The minimum Gasteiger partial charge on any atom is -0.297 e. The number of carbonyl (C=O) groups is 1. The van der Waals surface area contributed by atoms with Crippen LogP contribution in [0.4, 0.5) is 5.69 Å². The highest BCUT2D eigenvalue weighted by Gasteiger charge is 2.19. The number of hydrogen-bond donors (Lipinski definition) is 2. The highest BCUT2D eigenvalue weighted by molar-refractivity contribution is 5.97. The van der Waals surface area contributed by atoms with Gasteiger partial charge in [0.1, 0.15) is 5.69 Å². The van der Waals surface area contributed by atoms with Gasteiger partial charge in [0, 0.05) is 23.5 Å². The van der Waals surface area contributed by atoms with Crippen LogP contribution >= 0.6 is 0 Å². The van der Waals surface area contributed by atoms with Gasteiger partial charge < -0.3 is 0 Å². The largest absolute Gasteiger partial charge is 0.297 e. The number of anilines is 1. The maximum Gasteiger partial charge on any atom is 0.289 e. The number of pyridine rings is 1. The number of nitrogens with one attached hydrogen (secondary N) is 2. The number of hydrazine groups is 1. The Morgan fingerprint density at radius 1 is 1.16 bits per heavy atom. The summed E-state index contributed by atoms with van der Waals surface area (Å²) in [6.45, 7) is 2.06. The lowest BCUT2D eigenvalue weighted by molar-refractivity contribution is 0.0957. The molecular weight excluding hydrogens is 314 g/mol. The molecule has 0 aliphatic heterocycles. The van der Waals surface area contributed by atoms with Gasteiger partial charge in [0.05, 0.1) is 17.4 Å². The van der Waals surface area contributed by atoms with Crippen molar-refractivity contribution in [3.8, 4) is 0 Å². The maximum atomic E-state index is 12.3. The van der Waals surface area contributed by atoms with Gasteiger partial charge in [-0.2, -0.15) is 0 Å². The molecule has 25 heavy (non-hydrogen) atoms. The molecule has 0 saturated heterocycles. The summed E-state index contributed by atoms with van der Waals surface area (Å²) in [6.07, 6.45) is 8.73. The standard InChI is InChI=1S/C19H19N5O/c1-12-6-7-14-16(10-12)22-15-5-3-2-4-13(15)18(14)23-24-19(25)17-11-20-8-9-21-17/h6-11H,2-5H2,1H3,(H,22,23)(H,24,25). The normalized spacial score (nSPS) is 13.3. The fraction of sp³-hybridized carbons (Fsp3) is 0.263. The summed E-state index contributed by atoms with van der Waals surface area (Å²) in [6, 6.07) is 6.21. The van der Waals surface area contributed by atoms with Gasteiger partial charge in [-0.25, -0.2) is 4.98 Å². The molecule has 2 N–H and O–H groups in total. The molecule has 1 aromatic carbocycles. The van der Waals surface area contributed by atoms with E-state index in [2.05, 4.69) is 45.9 Å². The van der Waals surface area contributed by atoms with Crippen LogP contribution in [0.5, 0.6) is 0 Å². The number of amides is 1. The zero-order valence-corrected chi connectivity index (χ0v) is 14.0. The van der Waals surface area contributed by atoms with Gasteiger partial charge in [0.2, 0.25) is 0 Å². The molecule has 2 heterocycles. The lowest BCUT2D eigenvalue weighted by Crippen LogP contribution is -2.31. The third-order valence-electron chi connectivity index (χ3n) is 4.52. The third-order valence-corrected chi connectivity index (χ3v) is 4.52. The van der Waals surface area contributed by atoms with Crippen LogP contribution in [0.1, 0.15) is 40.2 Å². The Balaban J connectivity index is 1.71. The number of rotatable bonds is 3. The SMILES string of the molecule is Cc1ccc2c(NNC(=O)c3cnccn3)c3c(nc2c1)CCCC3. The first-order valence-electron chi connectivity index (χ1n) is 8.47. The summed E-state index contributed by atoms with van der Waals surface area (Å²) in [5, 5.41) is 1.02. The number of benzene rings is 1. The van der Waals surface area contributed by atoms with Crippen LogP contribution < -0.4 is 10.9 Å². The lowest BCUT2D eigenvalue weighted by Gasteiger charge is -2.22. The zero-order valence-electron chi connectivity index (χ0n) is 14.0. The fourth-order valence-corrected chi connectivity index (χ4v) is 3.28. The van der Waals surface area contributed by atoms with Gasteiger partial charge in [0.25, 0.3) is 5.91 Å². The summed E-state index contributed by atoms with van der Waals surface area (Å²) < 4.78 is 0. The van der Waals surface area contributed by atoms with Crippen molar-refractivity contribution in [1.29, 1.82) is 0 Å². The van der Waals surface area contributed by atoms with E-state index in [1.54, 1.807) is 6.20 Å². The molecule has 6 nitrogen and oxygen atoms in total. The van der Waals surface area contributed by atoms with E-state index >= 15 is 0 Å². The molecule has 4 rings (SSSR count). The quantitative estimate of drug-likeness (QED) is 0.720. The van der Waals surface area contributed by atoms with Gasteiger partial charge in [-0.1, -0.05) is 12.1 Å². The average molecular weight is 333 g/mol. The maximum absolute atomic E-state index is 12.3. The minimum absolute atomic E-state index is 0.276. The second kappa shape index (κ2) is 6.47. The van der Waals surface area contributed by atoms with E-state index in [0.717, 1.165) is 48.0 Å². The molecule has 1 amide bonds. The van der Waals surface area contributed by atoms with Crippen LogP contribution in [0.25, 0.3) is 10.9 Å². The molecule has 1 aliphatic rings. The molecule has 0 unspecified atom stereocenters. The molecule has 0 saturated carbocycles. The third kappa shape index (κ3) is 3.03. The lowest BCUT2D eigenvalue weighted by atomic mass is 9.92. The van der Waals surface area contributed by atoms with Crippen molar-refractivity contribution in [1.82, 2.24) is 20.4 Å². The zero-order chi connectivity index (χ0) is 17.2. The molecule has 0 radical (unpaired) electrons. The van der Waals surface area contributed by atoms with Crippen molar-refractivity contribution in [3.63, 3.8) is 0 Å². The molecule has 1 aliphatic carbocycles. The van der Waals surface area contributed by atoms with Gasteiger partial charge in [-0.05, 0) is 49.8 Å². The van der Waals surface area contributed by atoms with Gasteiger partial charge in [0.15, 0.2) is 0 Å². The second-order valence-electron chi connectivity index (χ2n) is 6.31. The molecule has 2 aromatic heterocycles. The summed E-state index contributed by atoms with van der Waals surface area (Å²) in [4.78, 5) is 25.1. The molecule has 0 atom stereocenters. The smallest absolute Gasteiger partial charge is 0.289 e. The second-order valence-corrected chi connectivity index (χ2v) is 6.31. The molecule has 126 valence electrons. The highest BCUT2D eigenvalue weighted by Crippen LogP contribution is 2.33. The van der Waals surface area contributed by atoms with E-state index in [1.807, 2.05) is 0 Å². The van der Waals surface area contributed by atoms with Crippen LogP contribution in [-0.4, -0.2) is 20.9 Å².